The SMILES string of the molecule is CCOC(=O)C[C@H](C)[C@@H](NC(=O)[C@@H](OC)c1ccccc1)C(=O)O. The monoisotopic (exact) mass is 337 g/mol. The lowest BCUT2D eigenvalue weighted by atomic mass is 9.97. The third-order valence-electron chi connectivity index (χ3n) is 3.50. The number of aliphatic carboxylic acids is 1. The average molecular weight is 337 g/mol. The van der Waals surface area contributed by atoms with Gasteiger partial charge in [-0.25, -0.2) is 4.79 Å². The van der Waals surface area contributed by atoms with E-state index < -0.39 is 35.9 Å². The van der Waals surface area contributed by atoms with Gasteiger partial charge in [0.25, 0.3) is 5.91 Å². The third-order valence-corrected chi connectivity index (χ3v) is 3.50. The van der Waals surface area contributed by atoms with E-state index in [4.69, 9.17) is 9.47 Å². The molecule has 0 spiro atoms. The van der Waals surface area contributed by atoms with Gasteiger partial charge in [0.05, 0.1) is 13.0 Å². The van der Waals surface area contributed by atoms with Crippen LogP contribution in [0.4, 0.5) is 0 Å². The Morgan fingerprint density at radius 2 is 1.83 bits per heavy atom. The summed E-state index contributed by atoms with van der Waals surface area (Å²) in [5.74, 6) is -2.93. The van der Waals surface area contributed by atoms with Gasteiger partial charge in [0, 0.05) is 7.11 Å². The lowest BCUT2D eigenvalue weighted by Crippen LogP contribution is -2.47. The highest BCUT2D eigenvalue weighted by molar-refractivity contribution is 5.87. The molecular formula is C17H23NO6. The van der Waals surface area contributed by atoms with Gasteiger partial charge in [-0.15, -0.1) is 0 Å². The summed E-state index contributed by atoms with van der Waals surface area (Å²) in [6.07, 6.45) is -1.03. The van der Waals surface area contributed by atoms with E-state index in [1.54, 1.807) is 44.2 Å². The van der Waals surface area contributed by atoms with Gasteiger partial charge in [0.1, 0.15) is 6.04 Å². The van der Waals surface area contributed by atoms with Crippen molar-refractivity contribution >= 4 is 17.8 Å². The molecule has 0 saturated heterocycles. The Labute approximate surface area is 141 Å². The van der Waals surface area contributed by atoms with Crippen molar-refractivity contribution in [2.75, 3.05) is 13.7 Å². The van der Waals surface area contributed by atoms with Gasteiger partial charge in [0.2, 0.25) is 0 Å². The maximum atomic E-state index is 12.4. The summed E-state index contributed by atoms with van der Waals surface area (Å²) >= 11 is 0. The largest absolute Gasteiger partial charge is 0.480 e. The van der Waals surface area contributed by atoms with E-state index in [2.05, 4.69) is 5.32 Å². The second-order valence-electron chi connectivity index (χ2n) is 5.34. The quantitative estimate of drug-likeness (QED) is 0.663. The molecule has 1 rings (SSSR count). The number of rotatable bonds is 9. The zero-order valence-corrected chi connectivity index (χ0v) is 14.0. The van der Waals surface area contributed by atoms with E-state index >= 15 is 0 Å². The average Bonchev–Trinajstić information content (AvgIpc) is 2.54. The predicted molar refractivity (Wildman–Crippen MR) is 86.2 cm³/mol. The molecule has 132 valence electrons. The molecule has 24 heavy (non-hydrogen) atoms. The van der Waals surface area contributed by atoms with E-state index in [1.807, 2.05) is 0 Å². The van der Waals surface area contributed by atoms with Crippen LogP contribution >= 0.6 is 0 Å². The number of carbonyl (C=O) groups is 3. The second kappa shape index (κ2) is 9.67. The number of benzene rings is 1. The van der Waals surface area contributed by atoms with Crippen molar-refractivity contribution in [3.8, 4) is 0 Å². The minimum absolute atomic E-state index is 0.103. The number of ether oxygens (including phenoxy) is 2. The Balaban J connectivity index is 2.81. The Morgan fingerprint density at radius 3 is 2.33 bits per heavy atom. The van der Waals surface area contributed by atoms with Crippen molar-refractivity contribution in [1.82, 2.24) is 5.32 Å². The molecule has 7 nitrogen and oxygen atoms in total. The fourth-order valence-corrected chi connectivity index (χ4v) is 2.30. The first-order valence-electron chi connectivity index (χ1n) is 7.67. The van der Waals surface area contributed by atoms with Crippen molar-refractivity contribution in [1.29, 1.82) is 0 Å². The molecule has 0 aliphatic carbocycles. The number of hydrogen-bond acceptors (Lipinski definition) is 5. The molecule has 0 fully saturated rings. The number of methoxy groups -OCH3 is 1. The molecule has 3 atom stereocenters. The molecule has 0 heterocycles. The van der Waals surface area contributed by atoms with Gasteiger partial charge in [-0.3, -0.25) is 9.59 Å². The van der Waals surface area contributed by atoms with Crippen LogP contribution in [0.25, 0.3) is 0 Å². The number of nitrogens with one attached hydrogen (secondary N) is 1. The summed E-state index contributed by atoms with van der Waals surface area (Å²) in [7, 11) is 1.37. The number of carboxylic acid groups (broad SMARTS) is 1. The van der Waals surface area contributed by atoms with Crippen LogP contribution < -0.4 is 5.32 Å². The van der Waals surface area contributed by atoms with E-state index in [0.717, 1.165) is 0 Å². The summed E-state index contributed by atoms with van der Waals surface area (Å²) in [5.41, 5.74) is 0.611. The molecular weight excluding hydrogens is 314 g/mol. The van der Waals surface area contributed by atoms with Gasteiger partial charge in [-0.1, -0.05) is 37.3 Å². The smallest absolute Gasteiger partial charge is 0.326 e. The number of hydrogen-bond donors (Lipinski definition) is 2. The van der Waals surface area contributed by atoms with Crippen LogP contribution in [0, 0.1) is 5.92 Å². The first-order valence-corrected chi connectivity index (χ1v) is 7.67. The van der Waals surface area contributed by atoms with Crippen LogP contribution in [0.15, 0.2) is 30.3 Å². The summed E-state index contributed by atoms with van der Waals surface area (Å²) in [6, 6.07) is 7.52. The highest BCUT2D eigenvalue weighted by Gasteiger charge is 2.31. The van der Waals surface area contributed by atoms with Crippen molar-refractivity contribution in [3.05, 3.63) is 35.9 Å². The molecule has 0 aliphatic heterocycles. The van der Waals surface area contributed by atoms with Crippen molar-refractivity contribution in [2.45, 2.75) is 32.4 Å². The molecule has 1 aromatic carbocycles. The standard InChI is InChI=1S/C17H23NO6/c1-4-24-13(19)10-11(2)14(17(21)22)18-16(20)15(23-3)12-8-6-5-7-9-12/h5-9,11,14-15H,4,10H2,1-3H3,(H,18,20)(H,21,22)/t11-,14+,15-/m0/s1. The topological polar surface area (TPSA) is 102 Å². The fraction of sp³-hybridized carbons (Fsp3) is 0.471. The van der Waals surface area contributed by atoms with Crippen LogP contribution in [0.2, 0.25) is 0 Å². The van der Waals surface area contributed by atoms with E-state index in [0.29, 0.717) is 5.56 Å². The molecule has 0 bridgehead atoms. The minimum Gasteiger partial charge on any atom is -0.480 e. The normalized spacial score (nSPS) is 14.3. The Bertz CT molecular complexity index is 559. The lowest BCUT2D eigenvalue weighted by molar-refractivity contribution is -0.148. The van der Waals surface area contributed by atoms with Crippen molar-refractivity contribution in [3.63, 3.8) is 0 Å². The molecule has 0 aliphatic rings. The molecule has 2 N–H and O–H groups in total. The Morgan fingerprint density at radius 1 is 1.21 bits per heavy atom. The van der Waals surface area contributed by atoms with Gasteiger partial charge < -0.3 is 19.9 Å². The summed E-state index contributed by atoms with van der Waals surface area (Å²) in [5, 5.41) is 11.8. The summed E-state index contributed by atoms with van der Waals surface area (Å²) in [6.45, 7) is 3.46. The van der Waals surface area contributed by atoms with Crippen molar-refractivity contribution in [2.24, 2.45) is 5.92 Å². The second-order valence-corrected chi connectivity index (χ2v) is 5.34. The Hall–Kier alpha value is -2.41. The summed E-state index contributed by atoms with van der Waals surface area (Å²) in [4.78, 5) is 35.4. The highest BCUT2D eigenvalue weighted by atomic mass is 16.5. The molecule has 0 saturated carbocycles. The predicted octanol–water partition coefficient (Wildman–Crippen LogP) is 1.53. The number of carboxylic acids is 1. The van der Waals surface area contributed by atoms with Gasteiger partial charge in [0.15, 0.2) is 6.10 Å². The molecule has 1 amide bonds. The van der Waals surface area contributed by atoms with Gasteiger partial charge in [-0.05, 0) is 18.4 Å². The molecule has 7 heteroatoms. The maximum absolute atomic E-state index is 12.4. The molecule has 0 unspecified atom stereocenters. The first kappa shape index (κ1) is 19.6. The first-order chi connectivity index (χ1) is 11.4. The van der Waals surface area contributed by atoms with Crippen LogP contribution in [0.3, 0.4) is 0 Å². The van der Waals surface area contributed by atoms with Gasteiger partial charge >= 0.3 is 11.9 Å². The van der Waals surface area contributed by atoms with Crippen LogP contribution in [-0.4, -0.2) is 42.7 Å². The minimum atomic E-state index is -1.22. The van der Waals surface area contributed by atoms with Crippen molar-refractivity contribution < 1.29 is 29.0 Å². The number of amides is 1. The van der Waals surface area contributed by atoms with Gasteiger partial charge in [-0.2, -0.15) is 0 Å². The number of esters is 1. The molecule has 0 radical (unpaired) electrons. The Kier molecular flexibility index (Phi) is 7.91. The molecule has 1 aromatic rings. The maximum Gasteiger partial charge on any atom is 0.326 e. The van der Waals surface area contributed by atoms with E-state index in [1.165, 1.54) is 7.11 Å². The lowest BCUT2D eigenvalue weighted by Gasteiger charge is -2.23. The fourth-order valence-electron chi connectivity index (χ4n) is 2.30. The highest BCUT2D eigenvalue weighted by Crippen LogP contribution is 2.18. The van der Waals surface area contributed by atoms with Crippen LogP contribution in [0.5, 0.6) is 0 Å². The molecule has 0 aromatic heterocycles. The third kappa shape index (κ3) is 5.66. The van der Waals surface area contributed by atoms with E-state index in [9.17, 15) is 19.5 Å². The van der Waals surface area contributed by atoms with E-state index in [-0.39, 0.29) is 13.0 Å². The number of carbonyl (C=O) groups excluding carboxylic acids is 2. The zero-order valence-electron chi connectivity index (χ0n) is 14.0. The zero-order chi connectivity index (χ0) is 18.1. The van der Waals surface area contributed by atoms with Crippen LogP contribution in [0.1, 0.15) is 31.9 Å². The summed E-state index contributed by atoms with van der Waals surface area (Å²) < 4.78 is 10.00. The van der Waals surface area contributed by atoms with Crippen LogP contribution in [-0.2, 0) is 23.9 Å².